The van der Waals surface area contributed by atoms with Crippen LogP contribution in [0.2, 0.25) is 0 Å². The van der Waals surface area contributed by atoms with Gasteiger partial charge in [-0.15, -0.1) is 10.2 Å². The van der Waals surface area contributed by atoms with E-state index in [1.54, 1.807) is 4.90 Å². The summed E-state index contributed by atoms with van der Waals surface area (Å²) >= 11 is 4.65. The van der Waals surface area contributed by atoms with Crippen LogP contribution in [0, 0.1) is 6.92 Å². The number of aromatic nitrogens is 2. The highest BCUT2D eigenvalue weighted by atomic mass is 79.9. The van der Waals surface area contributed by atoms with Crippen molar-refractivity contribution in [3.05, 3.63) is 58.6 Å². The first-order chi connectivity index (χ1) is 12.6. The SMILES string of the molecule is CCN(C(=O)CSc1nnc(-c2ccc(Br)cc2)o1)c1ccccc1C. The summed E-state index contributed by atoms with van der Waals surface area (Å²) in [5.74, 6) is 0.693. The van der Waals surface area contributed by atoms with Crippen molar-refractivity contribution in [1.29, 1.82) is 0 Å². The van der Waals surface area contributed by atoms with Gasteiger partial charge in [0.2, 0.25) is 11.8 Å². The van der Waals surface area contributed by atoms with Crippen LogP contribution in [0.4, 0.5) is 5.69 Å². The average molecular weight is 432 g/mol. The molecule has 134 valence electrons. The molecule has 0 spiro atoms. The van der Waals surface area contributed by atoms with Gasteiger partial charge >= 0.3 is 0 Å². The van der Waals surface area contributed by atoms with Gasteiger partial charge in [-0.25, -0.2) is 0 Å². The molecule has 0 saturated heterocycles. The minimum atomic E-state index is 0.00944. The van der Waals surface area contributed by atoms with Gasteiger partial charge in [-0.3, -0.25) is 4.79 Å². The quantitative estimate of drug-likeness (QED) is 0.516. The van der Waals surface area contributed by atoms with Gasteiger partial charge in [0, 0.05) is 22.3 Å². The zero-order chi connectivity index (χ0) is 18.5. The lowest BCUT2D eigenvalue weighted by Crippen LogP contribution is -2.32. The topological polar surface area (TPSA) is 59.2 Å². The lowest BCUT2D eigenvalue weighted by molar-refractivity contribution is -0.116. The van der Waals surface area contributed by atoms with Gasteiger partial charge in [0.05, 0.1) is 5.75 Å². The summed E-state index contributed by atoms with van der Waals surface area (Å²) in [6, 6.07) is 15.5. The van der Waals surface area contributed by atoms with E-state index in [1.165, 1.54) is 11.8 Å². The van der Waals surface area contributed by atoms with Crippen LogP contribution >= 0.6 is 27.7 Å². The number of rotatable bonds is 6. The molecule has 0 fully saturated rings. The summed E-state index contributed by atoms with van der Waals surface area (Å²) in [5.41, 5.74) is 2.85. The van der Waals surface area contributed by atoms with Crippen LogP contribution in [-0.2, 0) is 4.79 Å². The number of carbonyl (C=O) groups excluding carboxylic acids is 1. The Morgan fingerprint density at radius 2 is 1.88 bits per heavy atom. The van der Waals surface area contributed by atoms with Crippen LogP contribution in [0.5, 0.6) is 0 Å². The molecule has 1 amide bonds. The van der Waals surface area contributed by atoms with E-state index in [4.69, 9.17) is 4.42 Å². The number of amides is 1. The third-order valence-electron chi connectivity index (χ3n) is 3.84. The van der Waals surface area contributed by atoms with Gasteiger partial charge in [0.25, 0.3) is 5.22 Å². The van der Waals surface area contributed by atoms with Gasteiger partial charge < -0.3 is 9.32 Å². The number of halogens is 1. The maximum atomic E-state index is 12.6. The summed E-state index contributed by atoms with van der Waals surface area (Å²) in [6.07, 6.45) is 0. The Balaban J connectivity index is 1.66. The van der Waals surface area contributed by atoms with Crippen LogP contribution in [0.1, 0.15) is 12.5 Å². The molecule has 3 rings (SSSR count). The third-order valence-corrected chi connectivity index (χ3v) is 5.17. The third kappa shape index (κ3) is 4.34. The highest BCUT2D eigenvalue weighted by molar-refractivity contribution is 9.10. The summed E-state index contributed by atoms with van der Waals surface area (Å²) in [7, 11) is 0. The molecule has 0 unspecified atom stereocenters. The Kier molecular flexibility index (Phi) is 6.11. The Bertz CT molecular complexity index is 896. The van der Waals surface area contributed by atoms with E-state index in [2.05, 4.69) is 26.1 Å². The van der Waals surface area contributed by atoms with E-state index in [0.717, 1.165) is 21.3 Å². The van der Waals surface area contributed by atoms with Gasteiger partial charge in [-0.05, 0) is 49.7 Å². The van der Waals surface area contributed by atoms with Gasteiger partial charge in [0.1, 0.15) is 0 Å². The van der Waals surface area contributed by atoms with Gasteiger partial charge in [-0.1, -0.05) is 45.9 Å². The minimum Gasteiger partial charge on any atom is -0.411 e. The number of hydrogen-bond acceptors (Lipinski definition) is 5. The molecule has 0 aliphatic heterocycles. The number of anilines is 1. The van der Waals surface area contributed by atoms with Crippen LogP contribution in [-0.4, -0.2) is 28.4 Å². The smallest absolute Gasteiger partial charge is 0.277 e. The van der Waals surface area contributed by atoms with Crippen molar-refractivity contribution in [2.24, 2.45) is 0 Å². The van der Waals surface area contributed by atoms with Gasteiger partial charge in [-0.2, -0.15) is 0 Å². The van der Waals surface area contributed by atoms with E-state index < -0.39 is 0 Å². The molecule has 0 aliphatic carbocycles. The summed E-state index contributed by atoms with van der Waals surface area (Å²) in [6.45, 7) is 4.58. The van der Waals surface area contributed by atoms with Gasteiger partial charge in [0.15, 0.2) is 0 Å². The fourth-order valence-corrected chi connectivity index (χ4v) is 3.43. The van der Waals surface area contributed by atoms with E-state index in [1.807, 2.05) is 62.4 Å². The molecular formula is C19H18BrN3O2S. The molecule has 0 N–H and O–H groups in total. The van der Waals surface area contributed by atoms with Crippen molar-refractivity contribution in [3.63, 3.8) is 0 Å². The molecule has 0 aliphatic rings. The lowest BCUT2D eigenvalue weighted by atomic mass is 10.2. The van der Waals surface area contributed by atoms with Crippen LogP contribution in [0.25, 0.3) is 11.5 Å². The summed E-state index contributed by atoms with van der Waals surface area (Å²) < 4.78 is 6.64. The molecule has 1 heterocycles. The molecule has 1 aromatic heterocycles. The molecular weight excluding hydrogens is 414 g/mol. The zero-order valence-corrected chi connectivity index (χ0v) is 16.9. The van der Waals surface area contributed by atoms with Crippen molar-refractivity contribution < 1.29 is 9.21 Å². The number of para-hydroxylation sites is 1. The molecule has 0 saturated carbocycles. The van der Waals surface area contributed by atoms with E-state index in [-0.39, 0.29) is 11.7 Å². The lowest BCUT2D eigenvalue weighted by Gasteiger charge is -2.22. The zero-order valence-electron chi connectivity index (χ0n) is 14.5. The summed E-state index contributed by atoms with van der Waals surface area (Å²) in [5, 5.41) is 8.47. The van der Waals surface area contributed by atoms with Crippen molar-refractivity contribution in [3.8, 4) is 11.5 Å². The fourth-order valence-electron chi connectivity index (χ4n) is 2.53. The first-order valence-corrected chi connectivity index (χ1v) is 9.94. The van der Waals surface area contributed by atoms with Crippen LogP contribution < -0.4 is 4.90 Å². The number of carbonyl (C=O) groups is 1. The first-order valence-electron chi connectivity index (χ1n) is 8.16. The Hall–Kier alpha value is -2.12. The second-order valence-electron chi connectivity index (χ2n) is 5.59. The van der Waals surface area contributed by atoms with E-state index in [9.17, 15) is 4.79 Å². The normalized spacial score (nSPS) is 10.7. The minimum absolute atomic E-state index is 0.00944. The molecule has 7 heteroatoms. The predicted molar refractivity (Wildman–Crippen MR) is 107 cm³/mol. The average Bonchev–Trinajstić information content (AvgIpc) is 3.12. The molecule has 2 aromatic carbocycles. The number of benzene rings is 2. The van der Waals surface area contributed by atoms with Crippen molar-refractivity contribution >= 4 is 39.3 Å². The van der Waals surface area contributed by atoms with Crippen molar-refractivity contribution in [2.75, 3.05) is 17.2 Å². The standard InChI is InChI=1S/C19H18BrN3O2S/c1-3-23(16-7-5-4-6-13(16)2)17(24)12-26-19-22-21-18(25-19)14-8-10-15(20)11-9-14/h4-11H,3,12H2,1-2H3. The number of thioether (sulfide) groups is 1. The predicted octanol–water partition coefficient (Wildman–Crippen LogP) is 4.95. The first kappa shape index (κ1) is 18.7. The highest BCUT2D eigenvalue weighted by Crippen LogP contribution is 2.26. The fraction of sp³-hybridized carbons (Fsp3) is 0.211. The number of hydrogen-bond donors (Lipinski definition) is 0. The molecule has 0 radical (unpaired) electrons. The number of aryl methyl sites for hydroxylation is 1. The Morgan fingerprint density at radius 3 is 2.58 bits per heavy atom. The van der Waals surface area contributed by atoms with E-state index in [0.29, 0.717) is 17.7 Å². The molecule has 0 bridgehead atoms. The second-order valence-corrected chi connectivity index (χ2v) is 7.44. The number of nitrogens with zero attached hydrogens (tertiary/aromatic N) is 3. The monoisotopic (exact) mass is 431 g/mol. The van der Waals surface area contributed by atoms with Crippen LogP contribution in [0.3, 0.4) is 0 Å². The molecule has 0 atom stereocenters. The van der Waals surface area contributed by atoms with Crippen LogP contribution in [0.15, 0.2) is 62.6 Å². The van der Waals surface area contributed by atoms with E-state index >= 15 is 0 Å². The van der Waals surface area contributed by atoms with Crippen molar-refractivity contribution in [2.45, 2.75) is 19.1 Å². The Labute approximate surface area is 164 Å². The molecule has 3 aromatic rings. The molecule has 26 heavy (non-hydrogen) atoms. The highest BCUT2D eigenvalue weighted by Gasteiger charge is 2.17. The molecule has 5 nitrogen and oxygen atoms in total. The van der Waals surface area contributed by atoms with Crippen molar-refractivity contribution in [1.82, 2.24) is 10.2 Å². The summed E-state index contributed by atoms with van der Waals surface area (Å²) in [4.78, 5) is 14.4. The maximum Gasteiger partial charge on any atom is 0.277 e. The maximum absolute atomic E-state index is 12.6. The second kappa shape index (κ2) is 8.51. The Morgan fingerprint density at radius 1 is 1.15 bits per heavy atom. The largest absolute Gasteiger partial charge is 0.411 e.